The van der Waals surface area contributed by atoms with E-state index < -0.39 is 9.84 Å². The third kappa shape index (κ3) is 7.09. The van der Waals surface area contributed by atoms with Crippen molar-refractivity contribution in [3.05, 3.63) is 0 Å². The number of hydrogen-bond acceptors (Lipinski definition) is 4. The maximum absolute atomic E-state index is 11.7. The standard InChI is InChI=1S/C13H27N3O3S/c1-4-11(2)14-13(17)15-12-5-7-16(8-6-12)9-10-20(3,18)19/h11-12H,4-10H2,1-3H3,(H2,14,15,17)/t11-/m0/s1. The van der Waals surface area contributed by atoms with Gasteiger partial charge in [-0.05, 0) is 26.2 Å². The highest BCUT2D eigenvalue weighted by atomic mass is 32.2. The number of hydrogen-bond donors (Lipinski definition) is 2. The van der Waals surface area contributed by atoms with Crippen LogP contribution >= 0.6 is 0 Å². The Morgan fingerprint density at radius 3 is 2.45 bits per heavy atom. The van der Waals surface area contributed by atoms with Gasteiger partial charge in [-0.3, -0.25) is 0 Å². The van der Waals surface area contributed by atoms with Gasteiger partial charge in [0.15, 0.2) is 0 Å². The summed E-state index contributed by atoms with van der Waals surface area (Å²) < 4.78 is 22.2. The normalized spacial score (nSPS) is 19.6. The van der Waals surface area contributed by atoms with E-state index in [2.05, 4.69) is 15.5 Å². The SMILES string of the molecule is CC[C@H](C)NC(=O)NC1CCN(CCS(C)(=O)=O)CC1. The number of piperidine rings is 1. The fourth-order valence-electron chi connectivity index (χ4n) is 2.15. The van der Waals surface area contributed by atoms with Gasteiger partial charge in [0.25, 0.3) is 0 Å². The van der Waals surface area contributed by atoms with Gasteiger partial charge in [0.1, 0.15) is 9.84 Å². The number of nitrogens with one attached hydrogen (secondary N) is 2. The van der Waals surface area contributed by atoms with E-state index in [1.54, 1.807) is 0 Å². The molecule has 1 rings (SSSR count). The minimum Gasteiger partial charge on any atom is -0.336 e. The summed E-state index contributed by atoms with van der Waals surface area (Å²) >= 11 is 0. The van der Waals surface area contributed by atoms with Gasteiger partial charge in [-0.2, -0.15) is 0 Å². The molecule has 0 aliphatic carbocycles. The van der Waals surface area contributed by atoms with Crippen molar-refractivity contribution in [1.29, 1.82) is 0 Å². The Balaban J connectivity index is 2.23. The molecular formula is C13H27N3O3S. The number of sulfone groups is 1. The Kier molecular flexibility index (Phi) is 6.75. The van der Waals surface area contributed by atoms with Crippen molar-refractivity contribution in [3.63, 3.8) is 0 Å². The van der Waals surface area contributed by atoms with Crippen LogP contribution in [-0.2, 0) is 9.84 Å². The molecule has 1 heterocycles. The van der Waals surface area contributed by atoms with E-state index >= 15 is 0 Å². The van der Waals surface area contributed by atoms with Crippen LogP contribution in [0.25, 0.3) is 0 Å². The lowest BCUT2D eigenvalue weighted by Crippen LogP contribution is -2.49. The molecule has 20 heavy (non-hydrogen) atoms. The molecule has 2 amide bonds. The van der Waals surface area contributed by atoms with Crippen molar-refractivity contribution >= 4 is 15.9 Å². The predicted octanol–water partition coefficient (Wildman–Crippen LogP) is 0.593. The highest BCUT2D eigenvalue weighted by Gasteiger charge is 2.21. The van der Waals surface area contributed by atoms with E-state index in [9.17, 15) is 13.2 Å². The summed E-state index contributed by atoms with van der Waals surface area (Å²) in [5, 5.41) is 5.87. The van der Waals surface area contributed by atoms with Gasteiger partial charge in [0.2, 0.25) is 0 Å². The first-order valence-electron chi connectivity index (χ1n) is 7.27. The molecule has 1 fully saturated rings. The first kappa shape index (κ1) is 17.2. The summed E-state index contributed by atoms with van der Waals surface area (Å²) in [6.07, 6.45) is 3.92. The average Bonchev–Trinajstić information content (AvgIpc) is 2.36. The van der Waals surface area contributed by atoms with Gasteiger partial charge >= 0.3 is 6.03 Å². The lowest BCUT2D eigenvalue weighted by atomic mass is 10.1. The number of urea groups is 1. The fraction of sp³-hybridized carbons (Fsp3) is 0.923. The van der Waals surface area contributed by atoms with Crippen molar-refractivity contribution in [2.75, 3.05) is 31.6 Å². The average molecular weight is 305 g/mol. The third-order valence-electron chi connectivity index (χ3n) is 3.69. The summed E-state index contributed by atoms with van der Waals surface area (Å²) in [7, 11) is -2.89. The van der Waals surface area contributed by atoms with Gasteiger partial charge in [0.05, 0.1) is 5.75 Å². The van der Waals surface area contributed by atoms with Crippen molar-refractivity contribution < 1.29 is 13.2 Å². The number of rotatable bonds is 6. The van der Waals surface area contributed by atoms with E-state index in [-0.39, 0.29) is 23.9 Å². The minimum atomic E-state index is -2.89. The van der Waals surface area contributed by atoms with Crippen molar-refractivity contribution in [3.8, 4) is 0 Å². The van der Waals surface area contributed by atoms with E-state index in [1.165, 1.54) is 6.26 Å². The monoisotopic (exact) mass is 305 g/mol. The molecule has 0 spiro atoms. The summed E-state index contributed by atoms with van der Waals surface area (Å²) in [6, 6.07) is 0.271. The number of carbonyl (C=O) groups excluding carboxylic acids is 1. The number of amides is 2. The zero-order valence-corrected chi connectivity index (χ0v) is 13.5. The Morgan fingerprint density at radius 1 is 1.35 bits per heavy atom. The Morgan fingerprint density at radius 2 is 1.95 bits per heavy atom. The highest BCUT2D eigenvalue weighted by Crippen LogP contribution is 2.10. The zero-order chi connectivity index (χ0) is 15.2. The van der Waals surface area contributed by atoms with Crippen LogP contribution < -0.4 is 10.6 Å². The summed E-state index contributed by atoms with van der Waals surface area (Å²) in [5.41, 5.74) is 0. The molecule has 1 aliphatic heterocycles. The van der Waals surface area contributed by atoms with E-state index in [1.807, 2.05) is 13.8 Å². The maximum Gasteiger partial charge on any atom is 0.315 e. The quantitative estimate of drug-likeness (QED) is 0.753. The minimum absolute atomic E-state index is 0.103. The predicted molar refractivity (Wildman–Crippen MR) is 80.6 cm³/mol. The van der Waals surface area contributed by atoms with Crippen LogP contribution in [0.3, 0.4) is 0 Å². The maximum atomic E-state index is 11.7. The van der Waals surface area contributed by atoms with Crippen LogP contribution in [0.15, 0.2) is 0 Å². The van der Waals surface area contributed by atoms with Gasteiger partial charge in [-0.1, -0.05) is 6.92 Å². The van der Waals surface area contributed by atoms with Gasteiger partial charge < -0.3 is 15.5 Å². The van der Waals surface area contributed by atoms with Gasteiger partial charge in [-0.25, -0.2) is 13.2 Å². The number of carbonyl (C=O) groups is 1. The van der Waals surface area contributed by atoms with Crippen LogP contribution in [0.4, 0.5) is 4.79 Å². The molecule has 6 nitrogen and oxygen atoms in total. The van der Waals surface area contributed by atoms with Crippen LogP contribution in [-0.4, -0.2) is 63.1 Å². The molecule has 1 saturated heterocycles. The highest BCUT2D eigenvalue weighted by molar-refractivity contribution is 7.90. The van der Waals surface area contributed by atoms with E-state index in [0.29, 0.717) is 6.54 Å². The molecule has 7 heteroatoms. The smallest absolute Gasteiger partial charge is 0.315 e. The third-order valence-corrected chi connectivity index (χ3v) is 4.62. The fourth-order valence-corrected chi connectivity index (χ4v) is 2.74. The summed E-state index contributed by atoms with van der Waals surface area (Å²) in [6.45, 7) is 6.27. The second-order valence-electron chi connectivity index (χ2n) is 5.67. The van der Waals surface area contributed by atoms with Gasteiger partial charge in [0, 0.05) is 38.0 Å². The molecule has 0 bridgehead atoms. The first-order chi connectivity index (χ1) is 9.30. The molecular weight excluding hydrogens is 278 g/mol. The molecule has 118 valence electrons. The topological polar surface area (TPSA) is 78.5 Å². The van der Waals surface area contributed by atoms with E-state index in [4.69, 9.17) is 0 Å². The van der Waals surface area contributed by atoms with E-state index in [0.717, 1.165) is 32.4 Å². The lowest BCUT2D eigenvalue weighted by Gasteiger charge is -2.32. The molecule has 0 radical (unpaired) electrons. The first-order valence-corrected chi connectivity index (χ1v) is 9.33. The molecule has 0 aromatic heterocycles. The number of nitrogens with zero attached hydrogens (tertiary/aromatic N) is 1. The van der Waals surface area contributed by atoms with Crippen LogP contribution in [0.2, 0.25) is 0 Å². The van der Waals surface area contributed by atoms with Crippen LogP contribution in [0.1, 0.15) is 33.1 Å². The summed E-state index contributed by atoms with van der Waals surface area (Å²) in [4.78, 5) is 13.8. The number of likely N-dealkylation sites (tertiary alicyclic amines) is 1. The lowest BCUT2D eigenvalue weighted by molar-refractivity contribution is 0.197. The largest absolute Gasteiger partial charge is 0.336 e. The summed E-state index contributed by atoms with van der Waals surface area (Å²) in [5.74, 6) is 0.208. The van der Waals surface area contributed by atoms with Crippen molar-refractivity contribution in [2.24, 2.45) is 0 Å². The molecule has 0 unspecified atom stereocenters. The van der Waals surface area contributed by atoms with Crippen LogP contribution in [0.5, 0.6) is 0 Å². The second-order valence-corrected chi connectivity index (χ2v) is 7.93. The molecule has 0 aromatic carbocycles. The van der Waals surface area contributed by atoms with Crippen molar-refractivity contribution in [2.45, 2.75) is 45.2 Å². The molecule has 0 aromatic rings. The van der Waals surface area contributed by atoms with Crippen LogP contribution in [0, 0.1) is 0 Å². The Bertz CT molecular complexity index is 403. The van der Waals surface area contributed by atoms with Crippen molar-refractivity contribution in [1.82, 2.24) is 15.5 Å². The molecule has 0 saturated carbocycles. The second kappa shape index (κ2) is 7.83. The molecule has 1 aliphatic rings. The Hall–Kier alpha value is -0.820. The van der Waals surface area contributed by atoms with Gasteiger partial charge in [-0.15, -0.1) is 0 Å². The molecule has 2 N–H and O–H groups in total. The zero-order valence-electron chi connectivity index (χ0n) is 12.7. The Labute approximate surface area is 122 Å². The molecule has 1 atom stereocenters.